The first kappa shape index (κ1) is 12.8. The molecule has 0 spiro atoms. The third-order valence-electron chi connectivity index (χ3n) is 2.55. The minimum absolute atomic E-state index is 0.189. The number of hydrogen-bond donors (Lipinski definition) is 1. The zero-order chi connectivity index (χ0) is 13.0. The summed E-state index contributed by atoms with van der Waals surface area (Å²) in [4.78, 5) is 12.0. The summed E-state index contributed by atoms with van der Waals surface area (Å²) in [6, 6.07) is 16.8. The SMILES string of the molecule is NN(Cc1ccccc1)C(=O)c1ccc(Br)cc1. The van der Waals surface area contributed by atoms with E-state index in [4.69, 9.17) is 5.84 Å². The van der Waals surface area contributed by atoms with E-state index in [9.17, 15) is 4.79 Å². The van der Waals surface area contributed by atoms with Crippen molar-refractivity contribution < 1.29 is 4.79 Å². The van der Waals surface area contributed by atoms with E-state index in [1.165, 1.54) is 5.01 Å². The summed E-state index contributed by atoms with van der Waals surface area (Å²) < 4.78 is 0.936. The van der Waals surface area contributed by atoms with E-state index in [1.807, 2.05) is 42.5 Å². The van der Waals surface area contributed by atoms with Crippen LogP contribution in [0, 0.1) is 0 Å². The molecule has 3 nitrogen and oxygen atoms in total. The Kier molecular flexibility index (Phi) is 4.12. The van der Waals surface area contributed by atoms with Crippen LogP contribution in [0.3, 0.4) is 0 Å². The van der Waals surface area contributed by atoms with Gasteiger partial charge in [-0.25, -0.2) is 5.84 Å². The topological polar surface area (TPSA) is 46.3 Å². The quantitative estimate of drug-likeness (QED) is 0.538. The molecule has 0 aromatic heterocycles. The summed E-state index contributed by atoms with van der Waals surface area (Å²) in [5.74, 6) is 5.60. The maximum absolute atomic E-state index is 12.0. The highest BCUT2D eigenvalue weighted by Gasteiger charge is 2.12. The fraction of sp³-hybridized carbons (Fsp3) is 0.0714. The van der Waals surface area contributed by atoms with Gasteiger partial charge in [-0.15, -0.1) is 0 Å². The number of nitrogens with zero attached hydrogens (tertiary/aromatic N) is 1. The zero-order valence-corrected chi connectivity index (χ0v) is 11.3. The van der Waals surface area contributed by atoms with Crippen LogP contribution in [0.5, 0.6) is 0 Å². The normalized spacial score (nSPS) is 10.1. The van der Waals surface area contributed by atoms with Crippen molar-refractivity contribution in [3.63, 3.8) is 0 Å². The van der Waals surface area contributed by atoms with E-state index in [2.05, 4.69) is 15.9 Å². The summed E-state index contributed by atoms with van der Waals surface area (Å²) in [5.41, 5.74) is 1.59. The van der Waals surface area contributed by atoms with Crippen LogP contribution in [0.25, 0.3) is 0 Å². The Bertz CT molecular complexity index is 525. The van der Waals surface area contributed by atoms with Gasteiger partial charge in [0.05, 0.1) is 6.54 Å². The number of carbonyl (C=O) groups is 1. The molecule has 92 valence electrons. The van der Waals surface area contributed by atoms with Gasteiger partial charge in [0.15, 0.2) is 0 Å². The number of hydrogen-bond acceptors (Lipinski definition) is 2. The van der Waals surface area contributed by atoms with Gasteiger partial charge in [-0.1, -0.05) is 46.3 Å². The lowest BCUT2D eigenvalue weighted by Gasteiger charge is -2.16. The number of halogens is 1. The van der Waals surface area contributed by atoms with Crippen molar-refractivity contribution in [3.8, 4) is 0 Å². The molecule has 0 aliphatic rings. The summed E-state index contributed by atoms with van der Waals surface area (Å²) in [6.45, 7) is 0.399. The molecule has 2 aromatic rings. The van der Waals surface area contributed by atoms with Crippen LogP contribution in [-0.4, -0.2) is 10.9 Å². The Hall–Kier alpha value is -1.65. The Morgan fingerprint density at radius 2 is 1.67 bits per heavy atom. The van der Waals surface area contributed by atoms with Crippen molar-refractivity contribution in [1.82, 2.24) is 5.01 Å². The molecule has 2 aromatic carbocycles. The van der Waals surface area contributed by atoms with Gasteiger partial charge in [-0.3, -0.25) is 9.80 Å². The summed E-state index contributed by atoms with van der Waals surface area (Å²) in [5, 5.41) is 1.22. The van der Waals surface area contributed by atoms with Crippen LogP contribution in [0.15, 0.2) is 59.1 Å². The second-order valence-corrected chi connectivity index (χ2v) is 4.84. The van der Waals surface area contributed by atoms with Gasteiger partial charge >= 0.3 is 0 Å². The Balaban J connectivity index is 2.07. The summed E-state index contributed by atoms with van der Waals surface area (Å²) >= 11 is 3.33. The third-order valence-corrected chi connectivity index (χ3v) is 3.08. The van der Waals surface area contributed by atoms with E-state index in [-0.39, 0.29) is 5.91 Å². The van der Waals surface area contributed by atoms with E-state index in [0.29, 0.717) is 12.1 Å². The number of nitrogens with two attached hydrogens (primary N) is 1. The van der Waals surface area contributed by atoms with E-state index in [1.54, 1.807) is 12.1 Å². The van der Waals surface area contributed by atoms with E-state index in [0.717, 1.165) is 10.0 Å². The number of hydrazine groups is 1. The number of benzene rings is 2. The first-order valence-corrected chi connectivity index (χ1v) is 6.32. The minimum Gasteiger partial charge on any atom is -0.272 e. The molecule has 18 heavy (non-hydrogen) atoms. The second kappa shape index (κ2) is 5.80. The molecular formula is C14H13BrN2O. The van der Waals surface area contributed by atoms with Crippen molar-refractivity contribution in [2.24, 2.45) is 5.84 Å². The van der Waals surface area contributed by atoms with Gasteiger partial charge in [0.1, 0.15) is 0 Å². The third kappa shape index (κ3) is 3.18. The standard InChI is InChI=1S/C14H13BrN2O/c15-13-8-6-12(7-9-13)14(18)17(16)10-11-4-2-1-3-5-11/h1-9H,10,16H2. The van der Waals surface area contributed by atoms with Crippen molar-refractivity contribution >= 4 is 21.8 Å². The summed E-state index contributed by atoms with van der Waals surface area (Å²) in [7, 11) is 0. The smallest absolute Gasteiger partial charge is 0.268 e. The molecule has 0 radical (unpaired) electrons. The van der Waals surface area contributed by atoms with Crippen molar-refractivity contribution in [2.75, 3.05) is 0 Å². The van der Waals surface area contributed by atoms with Crippen LogP contribution < -0.4 is 5.84 Å². The minimum atomic E-state index is -0.189. The monoisotopic (exact) mass is 304 g/mol. The lowest BCUT2D eigenvalue weighted by Crippen LogP contribution is -2.36. The predicted molar refractivity (Wildman–Crippen MR) is 74.6 cm³/mol. The fourth-order valence-electron chi connectivity index (χ4n) is 1.61. The number of carbonyl (C=O) groups excluding carboxylic acids is 1. The van der Waals surface area contributed by atoms with Crippen LogP contribution in [0.4, 0.5) is 0 Å². The van der Waals surface area contributed by atoms with Gasteiger partial charge in [-0.2, -0.15) is 0 Å². The molecule has 4 heteroatoms. The largest absolute Gasteiger partial charge is 0.272 e. The van der Waals surface area contributed by atoms with Gasteiger partial charge in [0.25, 0.3) is 5.91 Å². The summed E-state index contributed by atoms with van der Waals surface area (Å²) in [6.07, 6.45) is 0. The van der Waals surface area contributed by atoms with Crippen LogP contribution in [0.2, 0.25) is 0 Å². The predicted octanol–water partition coefficient (Wildman–Crippen LogP) is 2.97. The highest BCUT2D eigenvalue weighted by Crippen LogP contribution is 2.12. The van der Waals surface area contributed by atoms with E-state index < -0.39 is 0 Å². The zero-order valence-electron chi connectivity index (χ0n) is 9.71. The first-order valence-electron chi connectivity index (χ1n) is 5.53. The Morgan fingerprint density at radius 3 is 2.28 bits per heavy atom. The molecule has 0 aliphatic heterocycles. The molecule has 0 fully saturated rings. The fourth-order valence-corrected chi connectivity index (χ4v) is 1.87. The average Bonchev–Trinajstić information content (AvgIpc) is 2.40. The Morgan fingerprint density at radius 1 is 1.06 bits per heavy atom. The van der Waals surface area contributed by atoms with Gasteiger partial charge in [0, 0.05) is 10.0 Å². The van der Waals surface area contributed by atoms with Gasteiger partial charge in [-0.05, 0) is 29.8 Å². The number of amides is 1. The molecule has 0 aliphatic carbocycles. The van der Waals surface area contributed by atoms with E-state index >= 15 is 0 Å². The Labute approximate surface area is 114 Å². The van der Waals surface area contributed by atoms with Crippen molar-refractivity contribution in [3.05, 3.63) is 70.2 Å². The lowest BCUT2D eigenvalue weighted by atomic mass is 10.2. The van der Waals surface area contributed by atoms with Gasteiger partial charge < -0.3 is 0 Å². The van der Waals surface area contributed by atoms with Crippen LogP contribution >= 0.6 is 15.9 Å². The molecule has 2 rings (SSSR count). The van der Waals surface area contributed by atoms with Crippen LogP contribution in [0.1, 0.15) is 15.9 Å². The molecule has 0 unspecified atom stereocenters. The van der Waals surface area contributed by atoms with Gasteiger partial charge in [0.2, 0.25) is 0 Å². The lowest BCUT2D eigenvalue weighted by molar-refractivity contribution is 0.0743. The molecule has 0 saturated carbocycles. The molecule has 0 heterocycles. The number of rotatable bonds is 3. The van der Waals surface area contributed by atoms with Crippen LogP contribution in [-0.2, 0) is 6.54 Å². The highest BCUT2D eigenvalue weighted by molar-refractivity contribution is 9.10. The molecule has 0 bridgehead atoms. The molecule has 0 atom stereocenters. The molecule has 1 amide bonds. The van der Waals surface area contributed by atoms with Crippen molar-refractivity contribution in [2.45, 2.75) is 6.54 Å². The molecule has 2 N–H and O–H groups in total. The second-order valence-electron chi connectivity index (χ2n) is 3.93. The first-order chi connectivity index (χ1) is 8.66. The highest BCUT2D eigenvalue weighted by atomic mass is 79.9. The molecule has 0 saturated heterocycles. The maximum Gasteiger partial charge on any atom is 0.268 e. The average molecular weight is 305 g/mol. The maximum atomic E-state index is 12.0. The van der Waals surface area contributed by atoms with Crippen molar-refractivity contribution in [1.29, 1.82) is 0 Å². The molecular weight excluding hydrogens is 292 g/mol.